The van der Waals surface area contributed by atoms with Crippen LogP contribution in [0.3, 0.4) is 0 Å². The summed E-state index contributed by atoms with van der Waals surface area (Å²) < 4.78 is 28.5. The molecule has 3 unspecified atom stereocenters. The summed E-state index contributed by atoms with van der Waals surface area (Å²) >= 11 is 6.21. The van der Waals surface area contributed by atoms with Crippen LogP contribution in [0, 0.1) is 0 Å². The lowest BCUT2D eigenvalue weighted by Crippen LogP contribution is -2.45. The molecule has 7 heteroatoms. The van der Waals surface area contributed by atoms with E-state index in [2.05, 4.69) is 0 Å². The third-order valence-electron chi connectivity index (χ3n) is 5.03. The van der Waals surface area contributed by atoms with Crippen LogP contribution in [0.1, 0.15) is 31.9 Å². The highest BCUT2D eigenvalue weighted by atomic mass is 35.5. The quantitative estimate of drug-likeness (QED) is 0.698. The zero-order chi connectivity index (χ0) is 20.6. The van der Waals surface area contributed by atoms with Gasteiger partial charge in [-0.25, -0.2) is 4.79 Å². The van der Waals surface area contributed by atoms with E-state index < -0.39 is 23.6 Å². The van der Waals surface area contributed by atoms with Crippen LogP contribution in [0.25, 0.3) is 0 Å². The molecule has 6 nitrogen and oxygen atoms in total. The van der Waals surface area contributed by atoms with Crippen LogP contribution in [0.15, 0.2) is 48.5 Å². The van der Waals surface area contributed by atoms with Crippen molar-refractivity contribution in [2.45, 2.75) is 44.6 Å². The smallest absolute Gasteiger partial charge is 0.376 e. The van der Waals surface area contributed by atoms with Gasteiger partial charge in [-0.3, -0.25) is 0 Å². The first kappa shape index (κ1) is 20.2. The highest BCUT2D eigenvalue weighted by Crippen LogP contribution is 2.44. The van der Waals surface area contributed by atoms with Gasteiger partial charge in [-0.05, 0) is 44.5 Å². The summed E-state index contributed by atoms with van der Waals surface area (Å²) in [5, 5.41) is 0.556. The number of ether oxygens (including phenoxy) is 5. The first-order chi connectivity index (χ1) is 13.8. The van der Waals surface area contributed by atoms with E-state index in [0.29, 0.717) is 17.4 Å². The van der Waals surface area contributed by atoms with Gasteiger partial charge in [-0.1, -0.05) is 41.9 Å². The maximum Gasteiger partial charge on any atom is 0.376 e. The maximum absolute atomic E-state index is 12.7. The molecular weight excluding hydrogens is 396 g/mol. The Bertz CT molecular complexity index is 899. The van der Waals surface area contributed by atoms with E-state index in [0.717, 1.165) is 11.1 Å². The van der Waals surface area contributed by atoms with E-state index in [1.807, 2.05) is 51.1 Å². The molecule has 0 N–H and O–H groups in total. The fourth-order valence-electron chi connectivity index (χ4n) is 3.56. The summed E-state index contributed by atoms with van der Waals surface area (Å²) in [6, 6.07) is 14.9. The number of carbonyl (C=O) groups is 1. The molecule has 29 heavy (non-hydrogen) atoms. The van der Waals surface area contributed by atoms with Gasteiger partial charge in [0.15, 0.2) is 5.79 Å². The lowest BCUT2D eigenvalue weighted by Gasteiger charge is -2.39. The Balaban J connectivity index is 1.55. The molecule has 1 saturated heterocycles. The number of esters is 1. The molecule has 0 spiro atoms. The van der Waals surface area contributed by atoms with Crippen molar-refractivity contribution in [3.05, 3.63) is 64.7 Å². The zero-order valence-electron chi connectivity index (χ0n) is 16.5. The third-order valence-corrected chi connectivity index (χ3v) is 5.26. The summed E-state index contributed by atoms with van der Waals surface area (Å²) in [5.74, 6) is -0.782. The molecule has 2 aromatic rings. The summed E-state index contributed by atoms with van der Waals surface area (Å²) in [6.45, 7) is 5.93. The molecule has 3 atom stereocenters. The van der Waals surface area contributed by atoms with Crippen molar-refractivity contribution in [3.8, 4) is 5.75 Å². The fraction of sp³-hybridized carbons (Fsp3) is 0.409. The van der Waals surface area contributed by atoms with Crippen LogP contribution < -0.4 is 4.74 Å². The van der Waals surface area contributed by atoms with E-state index in [-0.39, 0.29) is 12.7 Å². The largest absolute Gasteiger partial charge is 0.458 e. The molecule has 1 fully saturated rings. The van der Waals surface area contributed by atoms with E-state index in [1.54, 1.807) is 18.2 Å². The predicted molar refractivity (Wildman–Crippen MR) is 106 cm³/mol. The Morgan fingerprint density at radius 1 is 1.14 bits per heavy atom. The van der Waals surface area contributed by atoms with Crippen LogP contribution in [-0.2, 0) is 29.3 Å². The molecule has 2 aliphatic rings. The molecule has 2 aliphatic heterocycles. The van der Waals surface area contributed by atoms with Crippen molar-refractivity contribution in [1.82, 2.24) is 0 Å². The molecule has 154 valence electrons. The fourth-order valence-corrected chi connectivity index (χ4v) is 3.73. The van der Waals surface area contributed by atoms with E-state index in [1.165, 1.54) is 0 Å². The van der Waals surface area contributed by atoms with Gasteiger partial charge in [0.25, 0.3) is 0 Å². The summed E-state index contributed by atoms with van der Waals surface area (Å²) in [5.41, 5.74) is 0.687. The van der Waals surface area contributed by atoms with Crippen molar-refractivity contribution < 1.29 is 28.5 Å². The second-order valence-electron chi connectivity index (χ2n) is 7.69. The van der Waals surface area contributed by atoms with Crippen LogP contribution in [0.5, 0.6) is 5.75 Å². The van der Waals surface area contributed by atoms with E-state index >= 15 is 0 Å². The lowest BCUT2D eigenvalue weighted by molar-refractivity contribution is -0.209. The molecule has 0 amide bonds. The van der Waals surface area contributed by atoms with E-state index in [4.69, 9.17) is 35.3 Å². The predicted octanol–water partition coefficient (Wildman–Crippen LogP) is 4.03. The Labute approximate surface area is 174 Å². The van der Waals surface area contributed by atoms with Crippen LogP contribution in [0.2, 0.25) is 5.02 Å². The number of halogens is 1. The molecule has 0 aromatic heterocycles. The van der Waals surface area contributed by atoms with Gasteiger partial charge in [0.05, 0.1) is 6.61 Å². The van der Waals surface area contributed by atoms with Gasteiger partial charge in [0.1, 0.15) is 24.1 Å². The Kier molecular flexibility index (Phi) is 5.29. The number of hydrogen-bond donors (Lipinski definition) is 0. The molecule has 0 bridgehead atoms. The molecule has 2 aromatic carbocycles. The van der Waals surface area contributed by atoms with Crippen molar-refractivity contribution in [1.29, 1.82) is 0 Å². The van der Waals surface area contributed by atoms with Gasteiger partial charge in [-0.15, -0.1) is 0 Å². The highest BCUT2D eigenvalue weighted by molar-refractivity contribution is 6.30. The topological polar surface area (TPSA) is 63.2 Å². The second-order valence-corrected chi connectivity index (χ2v) is 8.12. The first-order valence-electron chi connectivity index (χ1n) is 9.45. The summed E-state index contributed by atoms with van der Waals surface area (Å²) in [7, 11) is 0. The van der Waals surface area contributed by atoms with Crippen molar-refractivity contribution in [2.75, 3.05) is 13.2 Å². The monoisotopic (exact) mass is 418 g/mol. The number of carbonyl (C=O) groups excluding carboxylic acids is 1. The van der Waals surface area contributed by atoms with Crippen molar-refractivity contribution >= 4 is 17.6 Å². The number of fused-ring (bicyclic) bond motifs is 1. The average molecular weight is 419 g/mol. The minimum Gasteiger partial charge on any atom is -0.458 e. The van der Waals surface area contributed by atoms with Crippen molar-refractivity contribution in [2.24, 2.45) is 0 Å². The zero-order valence-corrected chi connectivity index (χ0v) is 17.3. The first-order valence-corrected chi connectivity index (χ1v) is 9.83. The number of rotatable bonds is 4. The Morgan fingerprint density at radius 3 is 2.59 bits per heavy atom. The SMILES string of the molecule is CC1(C)OCC(COC(=O)C2Oc3ccc(Cl)cc3C(C)(c3ccccc3)O2)O1. The molecule has 2 heterocycles. The summed E-state index contributed by atoms with van der Waals surface area (Å²) in [6.07, 6.45) is -1.55. The third kappa shape index (κ3) is 4.12. The van der Waals surface area contributed by atoms with Gasteiger partial charge in [0.2, 0.25) is 0 Å². The maximum atomic E-state index is 12.7. The van der Waals surface area contributed by atoms with Gasteiger partial charge in [0, 0.05) is 10.6 Å². The van der Waals surface area contributed by atoms with Crippen LogP contribution in [0.4, 0.5) is 0 Å². The second kappa shape index (κ2) is 7.61. The molecule has 4 rings (SSSR count). The molecule has 0 aliphatic carbocycles. The minimum atomic E-state index is -1.22. The average Bonchev–Trinajstić information content (AvgIpc) is 3.06. The van der Waals surface area contributed by atoms with Crippen LogP contribution in [-0.4, -0.2) is 37.4 Å². The van der Waals surface area contributed by atoms with Gasteiger partial charge >= 0.3 is 12.3 Å². The molecular formula is C22H23ClO6. The number of hydrogen-bond acceptors (Lipinski definition) is 6. The normalized spacial score (nSPS) is 27.7. The van der Waals surface area contributed by atoms with Gasteiger partial charge < -0.3 is 23.7 Å². The minimum absolute atomic E-state index is 0.0566. The standard InChI is InChI=1S/C22H23ClO6/c1-21(2)26-13-16(28-21)12-25-19(24)20-27-18-10-9-15(23)11-17(18)22(3,29-20)14-7-5-4-6-8-14/h4-11,16,20H,12-13H2,1-3H3. The highest BCUT2D eigenvalue weighted by Gasteiger charge is 2.44. The van der Waals surface area contributed by atoms with Crippen molar-refractivity contribution in [3.63, 3.8) is 0 Å². The Morgan fingerprint density at radius 2 is 1.90 bits per heavy atom. The lowest BCUT2D eigenvalue weighted by atomic mass is 9.86. The summed E-state index contributed by atoms with van der Waals surface area (Å²) in [4.78, 5) is 12.7. The van der Waals surface area contributed by atoms with E-state index in [9.17, 15) is 4.79 Å². The molecule has 0 radical (unpaired) electrons. The van der Waals surface area contributed by atoms with Crippen LogP contribution >= 0.6 is 11.6 Å². The number of benzene rings is 2. The van der Waals surface area contributed by atoms with Gasteiger partial charge in [-0.2, -0.15) is 0 Å². The molecule has 0 saturated carbocycles. The Hall–Kier alpha value is -2.12.